The number of nitrogens with zero attached hydrogens (tertiary/aromatic N) is 3. The van der Waals surface area contributed by atoms with Gasteiger partial charge in [-0.15, -0.1) is 11.3 Å². The number of rotatable bonds is 4. The second kappa shape index (κ2) is 4.30. The van der Waals surface area contributed by atoms with E-state index in [1.165, 1.54) is 11.3 Å². The largest absolute Gasteiger partial charge is 0.333 e. The molecule has 74 valence electrons. The monoisotopic (exact) mass is 210 g/mol. The predicted octanol–water partition coefficient (Wildman–Crippen LogP) is 0.955. The first-order valence-corrected chi connectivity index (χ1v) is 5.14. The third kappa shape index (κ3) is 1.97. The van der Waals surface area contributed by atoms with Gasteiger partial charge in [0.05, 0.1) is 11.7 Å². The van der Waals surface area contributed by atoms with Gasteiger partial charge < -0.3 is 9.84 Å². The highest BCUT2D eigenvalue weighted by molar-refractivity contribution is 7.13. The lowest BCUT2D eigenvalue weighted by molar-refractivity contribution is 0.423. The molecule has 1 N–H and O–H groups in total. The summed E-state index contributed by atoms with van der Waals surface area (Å²) in [6.45, 7) is 0.849. The van der Waals surface area contributed by atoms with Gasteiger partial charge in [0, 0.05) is 13.0 Å². The zero-order valence-electron chi connectivity index (χ0n) is 7.73. The molecule has 0 amide bonds. The molecular formula is C8H10N4OS. The number of hydrogen-bond acceptors (Lipinski definition) is 6. The van der Waals surface area contributed by atoms with Crippen LogP contribution in [0.4, 0.5) is 0 Å². The van der Waals surface area contributed by atoms with E-state index in [4.69, 9.17) is 4.52 Å². The van der Waals surface area contributed by atoms with E-state index in [0.717, 1.165) is 23.7 Å². The summed E-state index contributed by atoms with van der Waals surface area (Å²) in [5, 5.41) is 6.89. The number of hydrogen-bond donors (Lipinski definition) is 1. The molecule has 5 nitrogen and oxygen atoms in total. The molecule has 0 saturated heterocycles. The minimum atomic E-state index is 0.554. The Morgan fingerprint density at radius 3 is 3.21 bits per heavy atom. The summed E-state index contributed by atoms with van der Waals surface area (Å²) in [6.07, 6.45) is 2.50. The van der Waals surface area contributed by atoms with Crippen LogP contribution in [0.25, 0.3) is 10.8 Å². The number of likely N-dealkylation sites (N-methyl/N-ethyl adjacent to an activating group) is 1. The summed E-state index contributed by atoms with van der Waals surface area (Å²) in [5.41, 5.74) is 1.74. The average Bonchev–Trinajstić information content (AvgIpc) is 2.85. The van der Waals surface area contributed by atoms with Gasteiger partial charge in [-0.2, -0.15) is 4.98 Å². The highest BCUT2D eigenvalue weighted by Gasteiger charge is 2.09. The zero-order chi connectivity index (χ0) is 9.80. The van der Waals surface area contributed by atoms with Crippen LogP contribution in [0.1, 0.15) is 5.82 Å². The van der Waals surface area contributed by atoms with Crippen molar-refractivity contribution < 1.29 is 4.52 Å². The maximum absolute atomic E-state index is 5.09. The Morgan fingerprint density at radius 1 is 1.57 bits per heavy atom. The molecule has 0 radical (unpaired) electrons. The molecule has 2 aromatic heterocycles. The zero-order valence-corrected chi connectivity index (χ0v) is 8.54. The second-order valence-corrected chi connectivity index (χ2v) is 3.62. The number of thiazole rings is 1. The second-order valence-electron chi connectivity index (χ2n) is 2.73. The van der Waals surface area contributed by atoms with E-state index in [-0.39, 0.29) is 0 Å². The first kappa shape index (κ1) is 9.29. The van der Waals surface area contributed by atoms with Gasteiger partial charge in [-0.1, -0.05) is 5.16 Å². The molecular weight excluding hydrogens is 200 g/mol. The molecule has 2 aromatic rings. The lowest BCUT2D eigenvalue weighted by atomic mass is 10.4. The average molecular weight is 210 g/mol. The van der Waals surface area contributed by atoms with Crippen molar-refractivity contribution >= 4 is 11.3 Å². The summed E-state index contributed by atoms with van der Waals surface area (Å²) in [6, 6.07) is 0. The fraction of sp³-hybridized carbons (Fsp3) is 0.375. The molecule has 0 aliphatic rings. The third-order valence-corrected chi connectivity index (χ3v) is 2.47. The van der Waals surface area contributed by atoms with Crippen molar-refractivity contribution in [2.75, 3.05) is 13.6 Å². The minimum absolute atomic E-state index is 0.554. The molecule has 0 bridgehead atoms. The van der Waals surface area contributed by atoms with Crippen molar-refractivity contribution in [1.29, 1.82) is 0 Å². The van der Waals surface area contributed by atoms with Crippen molar-refractivity contribution in [1.82, 2.24) is 20.4 Å². The van der Waals surface area contributed by atoms with Crippen molar-refractivity contribution in [3.05, 3.63) is 17.5 Å². The lowest BCUT2D eigenvalue weighted by Crippen LogP contribution is -2.10. The van der Waals surface area contributed by atoms with Crippen LogP contribution >= 0.6 is 11.3 Å². The van der Waals surface area contributed by atoms with Crippen molar-refractivity contribution in [2.24, 2.45) is 0 Å². The van der Waals surface area contributed by atoms with Crippen LogP contribution in [0.15, 0.2) is 16.2 Å². The molecule has 0 saturated carbocycles. The van der Waals surface area contributed by atoms with Crippen LogP contribution in [0.2, 0.25) is 0 Å². The van der Waals surface area contributed by atoms with E-state index in [0.29, 0.717) is 5.89 Å². The van der Waals surface area contributed by atoms with E-state index >= 15 is 0 Å². The molecule has 0 aromatic carbocycles. The molecule has 0 aliphatic carbocycles. The summed E-state index contributed by atoms with van der Waals surface area (Å²) in [4.78, 5) is 9.10. The summed E-state index contributed by atoms with van der Waals surface area (Å²) in [7, 11) is 1.89. The molecule has 0 spiro atoms. The standard InChI is InChI=1S/C8H10N4OS/c1-9-3-2-7-11-8(13-12-7)6-4-10-5-14-6/h4-5,9H,2-3H2,1H3. The Hall–Kier alpha value is -1.27. The van der Waals surface area contributed by atoms with Crippen molar-refractivity contribution in [3.8, 4) is 10.8 Å². The Balaban J connectivity index is 2.10. The molecule has 0 unspecified atom stereocenters. The SMILES string of the molecule is CNCCc1noc(-c2cncs2)n1. The Bertz CT molecular complexity index is 384. The Kier molecular flexibility index (Phi) is 2.85. The Labute approximate surface area is 85.2 Å². The molecule has 0 fully saturated rings. The van der Waals surface area contributed by atoms with Gasteiger partial charge in [-0.05, 0) is 7.05 Å². The van der Waals surface area contributed by atoms with Crippen molar-refractivity contribution in [3.63, 3.8) is 0 Å². The van der Waals surface area contributed by atoms with Gasteiger partial charge in [0.15, 0.2) is 5.82 Å². The van der Waals surface area contributed by atoms with Gasteiger partial charge in [0.2, 0.25) is 0 Å². The van der Waals surface area contributed by atoms with E-state index in [1.807, 2.05) is 7.05 Å². The van der Waals surface area contributed by atoms with E-state index in [2.05, 4.69) is 20.4 Å². The van der Waals surface area contributed by atoms with Crippen LogP contribution in [0.5, 0.6) is 0 Å². The molecule has 6 heteroatoms. The first-order chi connectivity index (χ1) is 6.90. The quantitative estimate of drug-likeness (QED) is 0.814. The van der Waals surface area contributed by atoms with E-state index in [1.54, 1.807) is 11.7 Å². The van der Waals surface area contributed by atoms with Crippen LogP contribution in [0, 0.1) is 0 Å². The maximum Gasteiger partial charge on any atom is 0.269 e. The third-order valence-electron chi connectivity index (χ3n) is 1.71. The number of aromatic nitrogens is 3. The predicted molar refractivity (Wildman–Crippen MR) is 53.0 cm³/mol. The maximum atomic E-state index is 5.09. The van der Waals surface area contributed by atoms with Crippen LogP contribution in [-0.2, 0) is 6.42 Å². The molecule has 0 aliphatic heterocycles. The van der Waals surface area contributed by atoms with Crippen LogP contribution in [0.3, 0.4) is 0 Å². The molecule has 14 heavy (non-hydrogen) atoms. The van der Waals surface area contributed by atoms with Gasteiger partial charge in [0.1, 0.15) is 4.88 Å². The van der Waals surface area contributed by atoms with E-state index in [9.17, 15) is 0 Å². The topological polar surface area (TPSA) is 63.8 Å². The highest BCUT2D eigenvalue weighted by Crippen LogP contribution is 2.20. The number of nitrogens with one attached hydrogen (secondary N) is 1. The molecule has 2 heterocycles. The van der Waals surface area contributed by atoms with Gasteiger partial charge in [-0.3, -0.25) is 4.98 Å². The molecule has 0 atom stereocenters. The fourth-order valence-electron chi connectivity index (χ4n) is 1.01. The summed E-state index contributed by atoms with van der Waals surface area (Å²) in [5.74, 6) is 1.28. The summed E-state index contributed by atoms with van der Waals surface area (Å²) >= 11 is 1.49. The Morgan fingerprint density at radius 2 is 2.50 bits per heavy atom. The molecule has 2 rings (SSSR count). The van der Waals surface area contributed by atoms with Crippen molar-refractivity contribution in [2.45, 2.75) is 6.42 Å². The van der Waals surface area contributed by atoms with Gasteiger partial charge in [0.25, 0.3) is 5.89 Å². The normalized spacial score (nSPS) is 10.6. The van der Waals surface area contributed by atoms with Gasteiger partial charge >= 0.3 is 0 Å². The summed E-state index contributed by atoms with van der Waals surface area (Å²) < 4.78 is 5.09. The fourth-order valence-corrected chi connectivity index (χ4v) is 1.55. The lowest BCUT2D eigenvalue weighted by Gasteiger charge is -1.90. The van der Waals surface area contributed by atoms with Gasteiger partial charge in [-0.25, -0.2) is 0 Å². The van der Waals surface area contributed by atoms with E-state index < -0.39 is 0 Å². The first-order valence-electron chi connectivity index (χ1n) is 4.26. The smallest absolute Gasteiger partial charge is 0.269 e. The highest BCUT2D eigenvalue weighted by atomic mass is 32.1. The van der Waals surface area contributed by atoms with Crippen LogP contribution in [-0.4, -0.2) is 28.7 Å². The minimum Gasteiger partial charge on any atom is -0.333 e. The van der Waals surface area contributed by atoms with Crippen LogP contribution < -0.4 is 5.32 Å².